The summed E-state index contributed by atoms with van der Waals surface area (Å²) in [7, 11) is 2.24. The van der Waals surface area contributed by atoms with E-state index in [1.807, 2.05) is 16.9 Å². The van der Waals surface area contributed by atoms with Crippen LogP contribution in [0.1, 0.15) is 139 Å². The third-order valence-corrected chi connectivity index (χ3v) is 14.4. The molecule has 4 fully saturated rings. The number of rotatable bonds is 10. The number of aromatic nitrogens is 3. The van der Waals surface area contributed by atoms with Gasteiger partial charge in [-0.05, 0) is 145 Å². The van der Waals surface area contributed by atoms with Gasteiger partial charge in [0.1, 0.15) is 17.6 Å². The summed E-state index contributed by atoms with van der Waals surface area (Å²) in [6, 6.07) is 11.6. The van der Waals surface area contributed by atoms with Gasteiger partial charge < -0.3 is 20.6 Å². The van der Waals surface area contributed by atoms with Gasteiger partial charge in [-0.3, -0.25) is 38.9 Å². The number of benzene rings is 2. The van der Waals surface area contributed by atoms with E-state index in [-0.39, 0.29) is 47.3 Å². The Bertz CT molecular complexity index is 2530. The van der Waals surface area contributed by atoms with Crippen LogP contribution < -0.4 is 16.0 Å². The molecule has 1 atom stereocenters. The van der Waals surface area contributed by atoms with Crippen LogP contribution in [-0.2, 0) is 21.4 Å². The topological polar surface area (TPSA) is 179 Å². The van der Waals surface area contributed by atoms with Gasteiger partial charge in [-0.25, -0.2) is 4.98 Å². The van der Waals surface area contributed by atoms with E-state index < -0.39 is 53.0 Å². The van der Waals surface area contributed by atoms with Crippen molar-refractivity contribution in [2.24, 2.45) is 11.3 Å². The number of amides is 5. The van der Waals surface area contributed by atoms with Crippen LogP contribution in [0.5, 0.6) is 0 Å². The summed E-state index contributed by atoms with van der Waals surface area (Å²) in [6.07, 6.45) is 7.90. The molecule has 1 unspecified atom stereocenters. The molecule has 0 radical (unpaired) electrons. The molecule has 3 saturated carbocycles. The van der Waals surface area contributed by atoms with Crippen molar-refractivity contribution in [1.82, 2.24) is 29.9 Å². The van der Waals surface area contributed by atoms with Crippen molar-refractivity contribution < 1.29 is 42.3 Å². The fraction of sp³-hybridized carbons (Fsp3) is 0.511. The van der Waals surface area contributed by atoms with E-state index in [0.717, 1.165) is 81.7 Å². The van der Waals surface area contributed by atoms with Crippen molar-refractivity contribution >= 4 is 51.9 Å². The number of carbonyl (C=O) groups excluding carboxylic acids is 5. The van der Waals surface area contributed by atoms with E-state index in [9.17, 15) is 42.3 Å². The van der Waals surface area contributed by atoms with Crippen LogP contribution >= 0.6 is 0 Å². The molecule has 17 heteroatoms. The van der Waals surface area contributed by atoms with Crippen molar-refractivity contribution in [3.8, 4) is 0 Å². The van der Waals surface area contributed by atoms with Crippen LogP contribution in [-0.4, -0.2) is 90.9 Å². The summed E-state index contributed by atoms with van der Waals surface area (Å²) >= 11 is 0. The molecule has 2 aromatic carbocycles. The van der Waals surface area contributed by atoms with Crippen LogP contribution in [0.2, 0.25) is 0 Å². The standard InChI is InChI=1S/C47H53F3N8O6/c1-45(2,64)33-21-35-27(20-32(33)41(60)53-38-9-5-8-37(52-38)47(48,49)50)25-57(55-35)30-12-10-26(11-13-30)24-56(3)29-16-18-46(19-17-29)22-28(23-46)51-34-7-4-6-31-40(34)44(63)58(43(31)62)36-14-15-39(59)54-42(36)61/h4-9,20-21,25-26,28-30,36,51,64H,10-19,22-24H2,1-3H3,(H,52,53,60)(H,54,59,61)/t26-,28?,29?,30-,36?,46?. The van der Waals surface area contributed by atoms with E-state index in [1.54, 1.807) is 38.1 Å². The molecule has 1 saturated heterocycles. The Kier molecular flexibility index (Phi) is 11.2. The Morgan fingerprint density at radius 3 is 2.36 bits per heavy atom. The van der Waals surface area contributed by atoms with Gasteiger partial charge in [-0.2, -0.15) is 18.3 Å². The first kappa shape index (κ1) is 43.6. The summed E-state index contributed by atoms with van der Waals surface area (Å²) < 4.78 is 41.8. The van der Waals surface area contributed by atoms with E-state index in [4.69, 9.17) is 5.10 Å². The molecular weight excluding hydrogens is 830 g/mol. The number of aliphatic hydroxyl groups is 1. The Labute approximate surface area is 368 Å². The number of nitrogens with zero attached hydrogens (tertiary/aromatic N) is 5. The second kappa shape index (κ2) is 16.4. The lowest BCUT2D eigenvalue weighted by Gasteiger charge is -2.53. The SMILES string of the molecule is CN(C[C@H]1CC[C@H](n2cc3cc(C(=O)Nc4cccc(C(F)(F)F)n4)c(C(C)(C)O)cc3n2)CC1)C1CCC2(CC1)CC(Nc1cccc3c1C(=O)N(C1CCC(=O)NC1=O)C3=O)C2. The predicted molar refractivity (Wildman–Crippen MR) is 230 cm³/mol. The third-order valence-electron chi connectivity index (χ3n) is 14.4. The molecule has 64 heavy (non-hydrogen) atoms. The maximum atomic E-state index is 13.6. The highest BCUT2D eigenvalue weighted by Crippen LogP contribution is 2.53. The molecule has 3 aliphatic carbocycles. The smallest absolute Gasteiger partial charge is 0.386 e. The number of imide groups is 2. The van der Waals surface area contributed by atoms with Crippen LogP contribution in [0.4, 0.5) is 24.7 Å². The fourth-order valence-corrected chi connectivity index (χ4v) is 11.0. The van der Waals surface area contributed by atoms with Crippen molar-refractivity contribution in [2.45, 2.75) is 127 Å². The second-order valence-corrected chi connectivity index (χ2v) is 19.3. The zero-order valence-corrected chi connectivity index (χ0v) is 36.1. The van der Waals surface area contributed by atoms with Crippen LogP contribution in [0.25, 0.3) is 10.9 Å². The maximum absolute atomic E-state index is 13.6. The number of alkyl halides is 3. The van der Waals surface area contributed by atoms with E-state index in [1.165, 1.54) is 12.1 Å². The first-order chi connectivity index (χ1) is 30.4. The maximum Gasteiger partial charge on any atom is 0.433 e. The van der Waals surface area contributed by atoms with Crippen molar-refractivity contribution in [2.75, 3.05) is 24.2 Å². The summed E-state index contributed by atoms with van der Waals surface area (Å²) in [5.41, 5.74) is -0.0638. The first-order valence-corrected chi connectivity index (χ1v) is 22.3. The first-order valence-electron chi connectivity index (χ1n) is 22.3. The number of fused-ring (bicyclic) bond motifs is 2. The number of anilines is 2. The molecule has 1 spiro atoms. The normalized spacial score (nSPS) is 26.3. The quantitative estimate of drug-likeness (QED) is 0.119. The van der Waals surface area contributed by atoms with Gasteiger partial charge in [0, 0.05) is 47.9 Å². The molecule has 2 aromatic heterocycles. The third kappa shape index (κ3) is 8.39. The van der Waals surface area contributed by atoms with Gasteiger partial charge in [-0.15, -0.1) is 0 Å². The van der Waals surface area contributed by atoms with E-state index >= 15 is 0 Å². The average molecular weight is 883 g/mol. The van der Waals surface area contributed by atoms with Gasteiger partial charge in [-0.1, -0.05) is 12.1 Å². The minimum Gasteiger partial charge on any atom is -0.386 e. The summed E-state index contributed by atoms with van der Waals surface area (Å²) in [4.78, 5) is 71.7. The van der Waals surface area contributed by atoms with Gasteiger partial charge >= 0.3 is 6.18 Å². The molecule has 9 rings (SSSR count). The molecule has 4 aromatic rings. The Hall–Kier alpha value is -5.68. The van der Waals surface area contributed by atoms with Crippen LogP contribution in [0.3, 0.4) is 0 Å². The molecule has 4 heterocycles. The van der Waals surface area contributed by atoms with Crippen LogP contribution in [0.15, 0.2) is 54.7 Å². The lowest BCUT2D eigenvalue weighted by atomic mass is 9.57. The number of hydrogen-bond acceptors (Lipinski definition) is 10. The van der Waals surface area contributed by atoms with Gasteiger partial charge in [0.05, 0.1) is 28.3 Å². The Morgan fingerprint density at radius 1 is 0.953 bits per heavy atom. The molecule has 4 N–H and O–H groups in total. The minimum absolute atomic E-state index is 0.0746. The molecule has 14 nitrogen and oxygen atoms in total. The van der Waals surface area contributed by atoms with Crippen molar-refractivity contribution in [1.29, 1.82) is 0 Å². The Balaban J connectivity index is 0.760. The van der Waals surface area contributed by atoms with Crippen molar-refractivity contribution in [3.05, 3.63) is 82.7 Å². The van der Waals surface area contributed by atoms with Gasteiger partial charge in [0.25, 0.3) is 17.7 Å². The summed E-state index contributed by atoms with van der Waals surface area (Å²) in [5, 5.41) is 24.8. The van der Waals surface area contributed by atoms with Crippen molar-refractivity contribution in [3.63, 3.8) is 0 Å². The molecule has 5 amide bonds. The zero-order valence-electron chi connectivity index (χ0n) is 36.1. The number of hydrogen-bond donors (Lipinski definition) is 4. The highest BCUT2D eigenvalue weighted by molar-refractivity contribution is 6.25. The van der Waals surface area contributed by atoms with Gasteiger partial charge in [0.2, 0.25) is 11.8 Å². The zero-order chi connectivity index (χ0) is 45.3. The predicted octanol–water partition coefficient (Wildman–Crippen LogP) is 7.20. The average Bonchev–Trinajstić information content (AvgIpc) is 3.77. The molecule has 5 aliphatic rings. The minimum atomic E-state index is -4.67. The number of pyridine rings is 1. The number of nitrogens with one attached hydrogen (secondary N) is 3. The van der Waals surface area contributed by atoms with E-state index in [2.05, 4.69) is 32.9 Å². The lowest BCUT2D eigenvalue weighted by Crippen LogP contribution is -2.54. The van der Waals surface area contributed by atoms with E-state index in [0.29, 0.717) is 39.7 Å². The molecular formula is C47H53F3N8O6. The number of halogens is 3. The number of carbonyl (C=O) groups is 5. The molecule has 2 aliphatic heterocycles. The lowest BCUT2D eigenvalue weighted by molar-refractivity contribution is -0.141. The largest absolute Gasteiger partial charge is 0.433 e. The monoisotopic (exact) mass is 882 g/mol. The highest BCUT2D eigenvalue weighted by Gasteiger charge is 2.49. The fourth-order valence-electron chi connectivity index (χ4n) is 11.0. The Morgan fingerprint density at radius 2 is 1.67 bits per heavy atom. The molecule has 338 valence electrons. The summed E-state index contributed by atoms with van der Waals surface area (Å²) in [6.45, 7) is 4.11. The molecule has 0 bridgehead atoms. The highest BCUT2D eigenvalue weighted by atomic mass is 19.4. The van der Waals surface area contributed by atoms with Crippen LogP contribution in [0, 0.1) is 11.3 Å². The summed E-state index contributed by atoms with van der Waals surface area (Å²) in [5.74, 6) is -2.41. The van der Waals surface area contributed by atoms with Gasteiger partial charge in [0.15, 0.2) is 0 Å². The number of piperidine rings is 1. The second-order valence-electron chi connectivity index (χ2n) is 19.3.